The number of aryl methyl sites for hydroxylation is 2. The molecule has 1 aromatic heterocycles. The Hall–Kier alpha value is -0.990. The first kappa shape index (κ1) is 11.1. The van der Waals surface area contributed by atoms with Crippen LogP contribution in [0.1, 0.15) is 32.9 Å². The standard InChI is InChI=1S/C11H21N3/c1-6-10(8(2)3)12-11-7-9(4)14(5)13-11/h7-8,10H,6H2,1-5H3,(H,12,13). The van der Waals surface area contributed by atoms with Gasteiger partial charge in [-0.05, 0) is 19.3 Å². The molecule has 80 valence electrons. The van der Waals surface area contributed by atoms with E-state index in [9.17, 15) is 0 Å². The first-order chi connectivity index (χ1) is 6.54. The summed E-state index contributed by atoms with van der Waals surface area (Å²) < 4.78 is 1.90. The van der Waals surface area contributed by atoms with Gasteiger partial charge in [0.15, 0.2) is 0 Å². The third-order valence-corrected chi connectivity index (χ3v) is 2.69. The first-order valence-corrected chi connectivity index (χ1v) is 5.31. The van der Waals surface area contributed by atoms with E-state index in [1.165, 1.54) is 5.69 Å². The Morgan fingerprint density at radius 1 is 1.50 bits per heavy atom. The van der Waals surface area contributed by atoms with Gasteiger partial charge in [-0.2, -0.15) is 5.10 Å². The van der Waals surface area contributed by atoms with Crippen molar-refractivity contribution in [3.63, 3.8) is 0 Å². The van der Waals surface area contributed by atoms with Crippen LogP contribution in [0.4, 0.5) is 5.82 Å². The van der Waals surface area contributed by atoms with E-state index in [2.05, 4.69) is 44.2 Å². The number of rotatable bonds is 4. The lowest BCUT2D eigenvalue weighted by atomic mass is 10.0. The molecule has 0 saturated carbocycles. The SMILES string of the molecule is CCC(Nc1cc(C)n(C)n1)C(C)C. The van der Waals surface area contributed by atoms with E-state index in [1.54, 1.807) is 0 Å². The molecule has 0 spiro atoms. The maximum absolute atomic E-state index is 4.39. The Morgan fingerprint density at radius 2 is 2.14 bits per heavy atom. The summed E-state index contributed by atoms with van der Waals surface area (Å²) in [7, 11) is 1.97. The van der Waals surface area contributed by atoms with Crippen molar-refractivity contribution < 1.29 is 0 Å². The van der Waals surface area contributed by atoms with Crippen LogP contribution in [0.2, 0.25) is 0 Å². The highest BCUT2D eigenvalue weighted by Crippen LogP contribution is 2.14. The van der Waals surface area contributed by atoms with Gasteiger partial charge >= 0.3 is 0 Å². The number of nitrogens with one attached hydrogen (secondary N) is 1. The minimum absolute atomic E-state index is 0.518. The van der Waals surface area contributed by atoms with Gasteiger partial charge in [0.1, 0.15) is 5.82 Å². The summed E-state index contributed by atoms with van der Waals surface area (Å²) in [4.78, 5) is 0. The molecule has 0 aliphatic carbocycles. The molecule has 0 aliphatic heterocycles. The van der Waals surface area contributed by atoms with Crippen molar-refractivity contribution >= 4 is 5.82 Å². The molecule has 0 amide bonds. The topological polar surface area (TPSA) is 29.9 Å². The van der Waals surface area contributed by atoms with Crippen molar-refractivity contribution in [1.29, 1.82) is 0 Å². The zero-order valence-corrected chi connectivity index (χ0v) is 9.83. The van der Waals surface area contributed by atoms with E-state index >= 15 is 0 Å². The Kier molecular flexibility index (Phi) is 3.55. The van der Waals surface area contributed by atoms with E-state index in [1.807, 2.05) is 11.7 Å². The van der Waals surface area contributed by atoms with Crippen molar-refractivity contribution in [3.05, 3.63) is 11.8 Å². The average Bonchev–Trinajstić information content (AvgIpc) is 2.41. The molecule has 3 heteroatoms. The van der Waals surface area contributed by atoms with E-state index in [0.717, 1.165) is 12.2 Å². The van der Waals surface area contributed by atoms with Gasteiger partial charge in [-0.25, -0.2) is 0 Å². The Morgan fingerprint density at radius 3 is 2.50 bits per heavy atom. The van der Waals surface area contributed by atoms with Gasteiger partial charge in [-0.15, -0.1) is 0 Å². The summed E-state index contributed by atoms with van der Waals surface area (Å²) >= 11 is 0. The fraction of sp³-hybridized carbons (Fsp3) is 0.727. The molecule has 1 atom stereocenters. The second-order valence-electron chi connectivity index (χ2n) is 4.20. The van der Waals surface area contributed by atoms with Crippen LogP contribution in [0, 0.1) is 12.8 Å². The Bertz CT molecular complexity index is 269. The molecule has 1 rings (SSSR count). The monoisotopic (exact) mass is 195 g/mol. The third kappa shape index (κ3) is 2.50. The van der Waals surface area contributed by atoms with Gasteiger partial charge in [0.05, 0.1) is 0 Å². The molecule has 0 aromatic carbocycles. The summed E-state index contributed by atoms with van der Waals surface area (Å²) in [6.07, 6.45) is 1.13. The first-order valence-electron chi connectivity index (χ1n) is 5.31. The van der Waals surface area contributed by atoms with Crippen molar-refractivity contribution in [3.8, 4) is 0 Å². The highest BCUT2D eigenvalue weighted by Gasteiger charge is 2.12. The van der Waals surface area contributed by atoms with E-state index in [0.29, 0.717) is 12.0 Å². The van der Waals surface area contributed by atoms with E-state index in [4.69, 9.17) is 0 Å². The van der Waals surface area contributed by atoms with Gasteiger partial charge in [-0.3, -0.25) is 4.68 Å². The molecule has 0 fully saturated rings. The molecular weight excluding hydrogens is 174 g/mol. The Labute approximate surface area is 86.5 Å². The largest absolute Gasteiger partial charge is 0.366 e. The normalized spacial score (nSPS) is 13.3. The van der Waals surface area contributed by atoms with Crippen LogP contribution in [-0.4, -0.2) is 15.8 Å². The van der Waals surface area contributed by atoms with Crippen molar-refractivity contribution in [2.75, 3.05) is 5.32 Å². The predicted molar refractivity (Wildman–Crippen MR) is 60.5 cm³/mol. The zero-order chi connectivity index (χ0) is 10.7. The third-order valence-electron chi connectivity index (χ3n) is 2.69. The van der Waals surface area contributed by atoms with Crippen LogP contribution >= 0.6 is 0 Å². The van der Waals surface area contributed by atoms with Crippen LogP contribution < -0.4 is 5.32 Å². The number of nitrogens with zero attached hydrogens (tertiary/aromatic N) is 2. The van der Waals surface area contributed by atoms with Crippen LogP contribution in [0.25, 0.3) is 0 Å². The maximum atomic E-state index is 4.39. The quantitative estimate of drug-likeness (QED) is 0.800. The average molecular weight is 195 g/mol. The number of hydrogen-bond acceptors (Lipinski definition) is 2. The lowest BCUT2D eigenvalue weighted by molar-refractivity contribution is 0.509. The fourth-order valence-electron chi connectivity index (χ4n) is 1.56. The summed E-state index contributed by atoms with van der Waals surface area (Å²) in [6, 6.07) is 2.61. The van der Waals surface area contributed by atoms with E-state index in [-0.39, 0.29) is 0 Å². The molecule has 1 unspecified atom stereocenters. The molecule has 0 radical (unpaired) electrons. The second kappa shape index (κ2) is 4.49. The van der Waals surface area contributed by atoms with Crippen LogP contribution in [-0.2, 0) is 7.05 Å². The van der Waals surface area contributed by atoms with Gasteiger partial charge in [-0.1, -0.05) is 20.8 Å². The minimum Gasteiger partial charge on any atom is -0.366 e. The number of hydrogen-bond donors (Lipinski definition) is 1. The molecule has 0 aliphatic rings. The molecule has 1 heterocycles. The molecule has 1 aromatic rings. The van der Waals surface area contributed by atoms with Gasteiger partial charge in [0.2, 0.25) is 0 Å². The molecule has 0 saturated heterocycles. The molecule has 0 bridgehead atoms. The lowest BCUT2D eigenvalue weighted by Crippen LogP contribution is -2.24. The van der Waals surface area contributed by atoms with Crippen molar-refractivity contribution in [2.45, 2.75) is 40.2 Å². The maximum Gasteiger partial charge on any atom is 0.148 e. The van der Waals surface area contributed by atoms with E-state index < -0.39 is 0 Å². The minimum atomic E-state index is 0.518. The highest BCUT2D eigenvalue weighted by molar-refractivity contribution is 5.36. The van der Waals surface area contributed by atoms with Gasteiger partial charge < -0.3 is 5.32 Å². The van der Waals surface area contributed by atoms with Crippen molar-refractivity contribution in [1.82, 2.24) is 9.78 Å². The fourth-order valence-corrected chi connectivity index (χ4v) is 1.56. The summed E-state index contributed by atoms with van der Waals surface area (Å²) in [5, 5.41) is 7.84. The lowest BCUT2D eigenvalue weighted by Gasteiger charge is -2.20. The summed E-state index contributed by atoms with van der Waals surface area (Å²) in [6.45, 7) is 8.73. The summed E-state index contributed by atoms with van der Waals surface area (Å²) in [5.74, 6) is 1.63. The highest BCUT2D eigenvalue weighted by atomic mass is 15.3. The van der Waals surface area contributed by atoms with Crippen LogP contribution in [0.5, 0.6) is 0 Å². The smallest absolute Gasteiger partial charge is 0.148 e. The molecular formula is C11H21N3. The van der Waals surface area contributed by atoms with Crippen LogP contribution in [0.15, 0.2) is 6.07 Å². The van der Waals surface area contributed by atoms with Gasteiger partial charge in [0, 0.05) is 24.8 Å². The summed E-state index contributed by atoms with van der Waals surface area (Å²) in [5.41, 5.74) is 1.19. The van der Waals surface area contributed by atoms with Crippen molar-refractivity contribution in [2.24, 2.45) is 13.0 Å². The second-order valence-corrected chi connectivity index (χ2v) is 4.20. The molecule has 14 heavy (non-hydrogen) atoms. The molecule has 1 N–H and O–H groups in total. The zero-order valence-electron chi connectivity index (χ0n) is 9.83. The number of anilines is 1. The Balaban J connectivity index is 2.67. The molecule has 3 nitrogen and oxygen atoms in total. The van der Waals surface area contributed by atoms with Crippen LogP contribution in [0.3, 0.4) is 0 Å². The van der Waals surface area contributed by atoms with Gasteiger partial charge in [0.25, 0.3) is 0 Å². The number of aromatic nitrogens is 2. The predicted octanol–water partition coefficient (Wildman–Crippen LogP) is 2.58.